The lowest BCUT2D eigenvalue weighted by atomic mass is 10.2. The maximum Gasteiger partial charge on any atom is 0.244 e. The number of nitrogens with zero attached hydrogens (tertiary/aromatic N) is 3. The number of hydrogen-bond donors (Lipinski definition) is 0. The summed E-state index contributed by atoms with van der Waals surface area (Å²) in [5, 5.41) is 2.23. The van der Waals surface area contributed by atoms with Gasteiger partial charge >= 0.3 is 0 Å². The van der Waals surface area contributed by atoms with E-state index in [1.54, 1.807) is 12.1 Å². The fraction of sp³-hybridized carbons (Fsp3) is 0.263. The van der Waals surface area contributed by atoms with Crippen LogP contribution in [0.2, 0.25) is 5.15 Å². The highest BCUT2D eigenvalue weighted by Crippen LogP contribution is 2.28. The summed E-state index contributed by atoms with van der Waals surface area (Å²) in [4.78, 5) is 8.93. The molecule has 0 unspecified atom stereocenters. The molecule has 1 aliphatic heterocycles. The van der Waals surface area contributed by atoms with Crippen LogP contribution in [-0.4, -0.2) is 49.0 Å². The first-order chi connectivity index (χ1) is 13.5. The third kappa shape index (κ3) is 4.16. The Morgan fingerprint density at radius 2 is 1.93 bits per heavy atom. The molecule has 0 spiro atoms. The van der Waals surface area contributed by atoms with Crippen molar-refractivity contribution in [3.05, 3.63) is 59.4 Å². The van der Waals surface area contributed by atoms with Crippen LogP contribution in [0.1, 0.15) is 5.56 Å². The van der Waals surface area contributed by atoms with Gasteiger partial charge in [0.15, 0.2) is 0 Å². The van der Waals surface area contributed by atoms with Crippen LogP contribution < -0.4 is 0 Å². The van der Waals surface area contributed by atoms with E-state index in [0.717, 1.165) is 21.5 Å². The largest absolute Gasteiger partial charge is 0.379 e. The van der Waals surface area contributed by atoms with Crippen molar-refractivity contribution in [3.8, 4) is 0 Å². The Balaban J connectivity index is 1.47. The Labute approximate surface area is 172 Å². The highest BCUT2D eigenvalue weighted by atomic mass is 35.5. The molecule has 3 heterocycles. The van der Waals surface area contributed by atoms with E-state index in [9.17, 15) is 8.42 Å². The Morgan fingerprint density at radius 3 is 2.68 bits per heavy atom. The monoisotopic (exact) mass is 435 g/mol. The molecular formula is C19H18ClN3O3S2. The average molecular weight is 436 g/mol. The first kappa shape index (κ1) is 19.6. The standard InChI is InChI=1S/C19H18ClN3O3S2/c20-19-15(11-14-3-1-2-4-17(14)22-19)13-27-18-6-5-16(12-21-18)28(24,25)23-7-9-26-10-8-23/h1-6,11-12H,7-10,13H2. The molecule has 2 aromatic heterocycles. The Morgan fingerprint density at radius 1 is 1.14 bits per heavy atom. The van der Waals surface area contributed by atoms with Gasteiger partial charge in [-0.05, 0) is 24.3 Å². The van der Waals surface area contributed by atoms with Crippen LogP contribution in [0.25, 0.3) is 10.9 Å². The normalized spacial score (nSPS) is 15.8. The Kier molecular flexibility index (Phi) is 5.84. The molecule has 0 bridgehead atoms. The van der Waals surface area contributed by atoms with Crippen molar-refractivity contribution in [2.24, 2.45) is 0 Å². The van der Waals surface area contributed by atoms with E-state index in [1.165, 1.54) is 22.3 Å². The zero-order valence-corrected chi connectivity index (χ0v) is 17.3. The van der Waals surface area contributed by atoms with Gasteiger partial charge in [0, 0.05) is 36.0 Å². The van der Waals surface area contributed by atoms with Crippen LogP contribution in [-0.2, 0) is 20.5 Å². The Bertz CT molecular complexity index is 1090. The summed E-state index contributed by atoms with van der Waals surface area (Å²) in [7, 11) is -3.53. The molecule has 28 heavy (non-hydrogen) atoms. The molecule has 0 atom stereocenters. The van der Waals surface area contributed by atoms with Gasteiger partial charge in [-0.3, -0.25) is 0 Å². The third-order valence-corrected chi connectivity index (χ3v) is 7.64. The van der Waals surface area contributed by atoms with E-state index < -0.39 is 10.0 Å². The molecule has 1 aliphatic rings. The van der Waals surface area contributed by atoms with Gasteiger partial charge in [0.05, 0.1) is 23.8 Å². The molecule has 0 saturated carbocycles. The molecule has 146 valence electrons. The number of pyridine rings is 2. The maximum atomic E-state index is 12.6. The van der Waals surface area contributed by atoms with Crippen molar-refractivity contribution >= 4 is 44.3 Å². The van der Waals surface area contributed by atoms with Crippen molar-refractivity contribution in [2.45, 2.75) is 15.7 Å². The summed E-state index contributed by atoms with van der Waals surface area (Å²) in [5.41, 5.74) is 1.77. The van der Waals surface area contributed by atoms with Gasteiger partial charge in [0.25, 0.3) is 0 Å². The molecule has 0 radical (unpaired) electrons. The van der Waals surface area contributed by atoms with Crippen molar-refractivity contribution in [2.75, 3.05) is 26.3 Å². The summed E-state index contributed by atoms with van der Waals surface area (Å²) in [5.74, 6) is 0.596. The molecule has 1 fully saturated rings. The fourth-order valence-corrected chi connectivity index (χ4v) is 5.39. The fourth-order valence-electron chi connectivity index (χ4n) is 2.93. The zero-order chi connectivity index (χ0) is 19.6. The summed E-state index contributed by atoms with van der Waals surface area (Å²) >= 11 is 7.79. The highest BCUT2D eigenvalue weighted by molar-refractivity contribution is 7.98. The van der Waals surface area contributed by atoms with Gasteiger partial charge in [-0.1, -0.05) is 29.8 Å². The molecule has 0 amide bonds. The Hall–Kier alpha value is -1.71. The second kappa shape index (κ2) is 8.34. The number of aromatic nitrogens is 2. The van der Waals surface area contributed by atoms with Crippen LogP contribution in [0.3, 0.4) is 0 Å². The quantitative estimate of drug-likeness (QED) is 0.450. The average Bonchev–Trinajstić information content (AvgIpc) is 2.73. The van der Waals surface area contributed by atoms with Gasteiger partial charge in [0.2, 0.25) is 10.0 Å². The van der Waals surface area contributed by atoms with Gasteiger partial charge in [-0.15, -0.1) is 11.8 Å². The number of hydrogen-bond acceptors (Lipinski definition) is 6. The van der Waals surface area contributed by atoms with E-state index in [0.29, 0.717) is 37.2 Å². The second-order valence-electron chi connectivity index (χ2n) is 6.27. The molecule has 6 nitrogen and oxygen atoms in total. The molecule has 3 aromatic rings. The SMILES string of the molecule is O=S(=O)(c1ccc(SCc2cc3ccccc3nc2Cl)nc1)N1CCOCC1. The molecule has 0 N–H and O–H groups in total. The van der Waals surface area contributed by atoms with E-state index in [2.05, 4.69) is 9.97 Å². The number of ether oxygens (including phenoxy) is 1. The van der Waals surface area contributed by atoms with Crippen molar-refractivity contribution < 1.29 is 13.2 Å². The number of morpholine rings is 1. The minimum absolute atomic E-state index is 0.198. The van der Waals surface area contributed by atoms with Crippen molar-refractivity contribution in [1.29, 1.82) is 0 Å². The number of benzene rings is 1. The second-order valence-corrected chi connectivity index (χ2v) is 9.56. The summed E-state index contributed by atoms with van der Waals surface area (Å²) < 4.78 is 31.9. The number of sulfonamides is 1. The smallest absolute Gasteiger partial charge is 0.244 e. The third-order valence-electron chi connectivity index (χ3n) is 4.44. The van der Waals surface area contributed by atoms with E-state index in [-0.39, 0.29) is 4.90 Å². The first-order valence-electron chi connectivity index (χ1n) is 8.75. The van der Waals surface area contributed by atoms with Gasteiger partial charge < -0.3 is 4.74 Å². The van der Waals surface area contributed by atoms with Crippen LogP contribution in [0.15, 0.2) is 58.6 Å². The van der Waals surface area contributed by atoms with Crippen LogP contribution in [0.4, 0.5) is 0 Å². The van der Waals surface area contributed by atoms with Gasteiger partial charge in [0.1, 0.15) is 10.0 Å². The number of fused-ring (bicyclic) bond motifs is 1. The molecule has 1 saturated heterocycles. The van der Waals surface area contributed by atoms with Crippen LogP contribution >= 0.6 is 23.4 Å². The van der Waals surface area contributed by atoms with Gasteiger partial charge in [-0.2, -0.15) is 4.31 Å². The van der Waals surface area contributed by atoms with Crippen LogP contribution in [0.5, 0.6) is 0 Å². The number of para-hydroxylation sites is 1. The minimum atomic E-state index is -3.53. The maximum absolute atomic E-state index is 12.6. The molecular weight excluding hydrogens is 418 g/mol. The predicted octanol–water partition coefficient (Wildman–Crippen LogP) is 3.60. The summed E-state index contributed by atoms with van der Waals surface area (Å²) in [6, 6.07) is 13.2. The topological polar surface area (TPSA) is 72.4 Å². The predicted molar refractivity (Wildman–Crippen MR) is 110 cm³/mol. The lowest BCUT2D eigenvalue weighted by molar-refractivity contribution is 0.0730. The lowest BCUT2D eigenvalue weighted by Gasteiger charge is -2.25. The molecule has 0 aliphatic carbocycles. The minimum Gasteiger partial charge on any atom is -0.379 e. The van der Waals surface area contributed by atoms with E-state index >= 15 is 0 Å². The number of halogens is 1. The highest BCUT2D eigenvalue weighted by Gasteiger charge is 2.26. The first-order valence-corrected chi connectivity index (χ1v) is 11.6. The number of thioether (sulfide) groups is 1. The van der Waals surface area contributed by atoms with Crippen molar-refractivity contribution in [3.63, 3.8) is 0 Å². The van der Waals surface area contributed by atoms with Gasteiger partial charge in [-0.25, -0.2) is 18.4 Å². The van der Waals surface area contributed by atoms with E-state index in [1.807, 2.05) is 30.3 Å². The van der Waals surface area contributed by atoms with Crippen LogP contribution in [0, 0.1) is 0 Å². The zero-order valence-electron chi connectivity index (χ0n) is 14.9. The lowest BCUT2D eigenvalue weighted by Crippen LogP contribution is -2.40. The summed E-state index contributed by atoms with van der Waals surface area (Å²) in [6.07, 6.45) is 1.41. The van der Waals surface area contributed by atoms with E-state index in [4.69, 9.17) is 16.3 Å². The number of rotatable bonds is 5. The molecule has 1 aromatic carbocycles. The summed E-state index contributed by atoms with van der Waals surface area (Å²) in [6.45, 7) is 1.57. The molecule has 9 heteroatoms. The molecule has 4 rings (SSSR count). The van der Waals surface area contributed by atoms with Crippen molar-refractivity contribution in [1.82, 2.24) is 14.3 Å².